The van der Waals surface area contributed by atoms with Gasteiger partial charge in [0.2, 0.25) is 0 Å². The maximum Gasteiger partial charge on any atom is 0.330 e. The summed E-state index contributed by atoms with van der Waals surface area (Å²) in [5.41, 5.74) is 2.79. The van der Waals surface area contributed by atoms with E-state index in [2.05, 4.69) is 25.2 Å². The number of methoxy groups -OCH3 is 1. The Morgan fingerprint density at radius 2 is 2.06 bits per heavy atom. The average Bonchev–Trinajstić information content (AvgIpc) is 2.19. The van der Waals surface area contributed by atoms with E-state index in [0.29, 0.717) is 5.41 Å². The normalized spacial score (nSPS) is 23.7. The van der Waals surface area contributed by atoms with Gasteiger partial charge in [-0.2, -0.15) is 0 Å². The fourth-order valence-corrected chi connectivity index (χ4v) is 2.18. The smallest absolute Gasteiger partial charge is 0.330 e. The molecule has 0 spiro atoms. The third-order valence-corrected chi connectivity index (χ3v) is 3.17. The summed E-state index contributed by atoms with van der Waals surface area (Å²) in [6, 6.07) is 0. The van der Waals surface area contributed by atoms with Crippen LogP contribution in [0.3, 0.4) is 0 Å². The summed E-state index contributed by atoms with van der Waals surface area (Å²) >= 11 is 0. The first-order chi connectivity index (χ1) is 7.43. The molecule has 0 saturated heterocycles. The van der Waals surface area contributed by atoms with Crippen LogP contribution in [-0.4, -0.2) is 13.1 Å². The lowest BCUT2D eigenvalue weighted by Gasteiger charge is -2.29. The molecular weight excluding hydrogens is 200 g/mol. The van der Waals surface area contributed by atoms with E-state index in [1.54, 1.807) is 6.08 Å². The molecule has 0 aliphatic heterocycles. The summed E-state index contributed by atoms with van der Waals surface area (Å²) in [4.78, 5) is 11.2. The Hall–Kier alpha value is -1.05. The van der Waals surface area contributed by atoms with E-state index in [1.807, 2.05) is 0 Å². The van der Waals surface area contributed by atoms with Gasteiger partial charge in [0.15, 0.2) is 0 Å². The Morgan fingerprint density at radius 3 is 2.69 bits per heavy atom. The van der Waals surface area contributed by atoms with Crippen molar-refractivity contribution in [1.82, 2.24) is 0 Å². The highest BCUT2D eigenvalue weighted by atomic mass is 16.5. The molecule has 2 heteroatoms. The second-order valence-electron chi connectivity index (χ2n) is 5.42. The minimum Gasteiger partial charge on any atom is -0.466 e. The largest absolute Gasteiger partial charge is 0.466 e. The van der Waals surface area contributed by atoms with Crippen molar-refractivity contribution in [3.63, 3.8) is 0 Å². The van der Waals surface area contributed by atoms with Crippen LogP contribution < -0.4 is 0 Å². The van der Waals surface area contributed by atoms with Crippen molar-refractivity contribution in [3.05, 3.63) is 23.8 Å². The van der Waals surface area contributed by atoms with Crippen LogP contribution in [0.25, 0.3) is 0 Å². The van der Waals surface area contributed by atoms with Crippen molar-refractivity contribution in [2.75, 3.05) is 7.11 Å². The summed E-state index contributed by atoms with van der Waals surface area (Å²) < 4.78 is 4.67. The molecule has 90 valence electrons. The van der Waals surface area contributed by atoms with Crippen molar-refractivity contribution in [3.8, 4) is 0 Å². The minimum absolute atomic E-state index is 0.237. The molecule has 0 unspecified atom stereocenters. The van der Waals surface area contributed by atoms with Crippen molar-refractivity contribution < 1.29 is 9.53 Å². The molecule has 1 aliphatic rings. The zero-order chi connectivity index (χ0) is 12.2. The third kappa shape index (κ3) is 4.21. The summed E-state index contributed by atoms with van der Waals surface area (Å²) in [5, 5.41) is 0. The van der Waals surface area contributed by atoms with E-state index < -0.39 is 0 Å². The van der Waals surface area contributed by atoms with E-state index in [4.69, 9.17) is 0 Å². The van der Waals surface area contributed by atoms with Crippen LogP contribution in [0.1, 0.15) is 46.0 Å². The van der Waals surface area contributed by atoms with Gasteiger partial charge in [-0.1, -0.05) is 31.6 Å². The Balaban J connectivity index is 2.72. The zero-order valence-electron chi connectivity index (χ0n) is 10.6. The molecule has 0 aromatic carbocycles. The maximum absolute atomic E-state index is 11.2. The molecule has 1 fully saturated rings. The molecule has 0 radical (unpaired) electrons. The number of rotatable bonds is 1. The number of carbonyl (C=O) groups is 1. The fourth-order valence-electron chi connectivity index (χ4n) is 2.18. The summed E-state index contributed by atoms with van der Waals surface area (Å²) in [6.45, 7) is 8.63. The molecule has 0 amide bonds. The van der Waals surface area contributed by atoms with Crippen molar-refractivity contribution in [2.24, 2.45) is 5.41 Å². The highest BCUT2D eigenvalue weighted by molar-refractivity contribution is 5.82. The topological polar surface area (TPSA) is 26.3 Å². The summed E-state index contributed by atoms with van der Waals surface area (Å²) in [5.74, 6) is -0.237. The second kappa shape index (κ2) is 5.33. The monoisotopic (exact) mass is 222 g/mol. The van der Waals surface area contributed by atoms with Crippen LogP contribution in [-0.2, 0) is 9.53 Å². The van der Waals surface area contributed by atoms with Gasteiger partial charge in [0, 0.05) is 6.08 Å². The molecule has 1 saturated carbocycles. The highest BCUT2D eigenvalue weighted by Crippen LogP contribution is 2.36. The van der Waals surface area contributed by atoms with E-state index in [0.717, 1.165) is 32.1 Å². The minimum atomic E-state index is -0.237. The summed E-state index contributed by atoms with van der Waals surface area (Å²) in [7, 11) is 1.42. The Labute approximate surface area is 98.4 Å². The SMILES string of the molecule is C=C1CC/C(=C/C(=O)OC)CCC(C)(C)C1. The van der Waals surface area contributed by atoms with Crippen LogP contribution in [0.15, 0.2) is 23.8 Å². The first kappa shape index (κ1) is 13.0. The van der Waals surface area contributed by atoms with Gasteiger partial charge in [0.25, 0.3) is 0 Å². The van der Waals surface area contributed by atoms with E-state index in [-0.39, 0.29) is 5.97 Å². The number of ether oxygens (including phenoxy) is 1. The van der Waals surface area contributed by atoms with Gasteiger partial charge in [0.05, 0.1) is 7.11 Å². The van der Waals surface area contributed by atoms with Crippen molar-refractivity contribution >= 4 is 5.97 Å². The van der Waals surface area contributed by atoms with Crippen molar-refractivity contribution in [1.29, 1.82) is 0 Å². The van der Waals surface area contributed by atoms with Crippen molar-refractivity contribution in [2.45, 2.75) is 46.0 Å². The van der Waals surface area contributed by atoms with Crippen LogP contribution in [0.2, 0.25) is 0 Å². The third-order valence-electron chi connectivity index (χ3n) is 3.17. The Bertz CT molecular complexity index is 311. The van der Waals surface area contributed by atoms with Gasteiger partial charge >= 0.3 is 5.97 Å². The van der Waals surface area contributed by atoms with E-state index >= 15 is 0 Å². The lowest BCUT2D eigenvalue weighted by atomic mass is 9.77. The van der Waals surface area contributed by atoms with Gasteiger partial charge in [0.1, 0.15) is 0 Å². The molecule has 1 rings (SSSR count). The fraction of sp³-hybridized carbons (Fsp3) is 0.643. The molecule has 16 heavy (non-hydrogen) atoms. The Kier molecular flexibility index (Phi) is 4.34. The van der Waals surface area contributed by atoms with Gasteiger partial charge < -0.3 is 4.74 Å². The van der Waals surface area contributed by atoms with Gasteiger partial charge in [-0.15, -0.1) is 0 Å². The Morgan fingerprint density at radius 1 is 1.38 bits per heavy atom. The van der Waals surface area contributed by atoms with E-state index in [9.17, 15) is 4.79 Å². The maximum atomic E-state index is 11.2. The molecule has 0 aromatic heterocycles. The van der Waals surface area contributed by atoms with Crippen LogP contribution in [0, 0.1) is 5.41 Å². The lowest BCUT2D eigenvalue weighted by Crippen LogP contribution is -2.15. The molecule has 0 heterocycles. The standard InChI is InChI=1S/C14H22O2/c1-11-5-6-12(9-13(15)16-4)7-8-14(2,3)10-11/h9H,1,5-8,10H2,2-4H3/b12-9-. The van der Waals surface area contributed by atoms with Crippen LogP contribution >= 0.6 is 0 Å². The predicted octanol–water partition coefficient (Wildman–Crippen LogP) is 3.63. The number of esters is 1. The summed E-state index contributed by atoms with van der Waals surface area (Å²) in [6.07, 6.45) is 6.79. The number of hydrogen-bond acceptors (Lipinski definition) is 2. The molecule has 1 aliphatic carbocycles. The first-order valence-corrected chi connectivity index (χ1v) is 5.87. The molecule has 0 bridgehead atoms. The predicted molar refractivity (Wildman–Crippen MR) is 66.1 cm³/mol. The average molecular weight is 222 g/mol. The number of hydrogen-bond donors (Lipinski definition) is 0. The molecule has 2 nitrogen and oxygen atoms in total. The molecule has 0 atom stereocenters. The first-order valence-electron chi connectivity index (χ1n) is 5.87. The van der Waals surface area contributed by atoms with Crippen LogP contribution in [0.4, 0.5) is 0 Å². The highest BCUT2D eigenvalue weighted by Gasteiger charge is 2.22. The molecule has 0 aromatic rings. The molecular formula is C14H22O2. The van der Waals surface area contributed by atoms with Gasteiger partial charge in [-0.3, -0.25) is 0 Å². The number of allylic oxidation sites excluding steroid dienone is 2. The quantitative estimate of drug-likeness (QED) is 0.385. The lowest BCUT2D eigenvalue weighted by molar-refractivity contribution is -0.134. The zero-order valence-corrected chi connectivity index (χ0v) is 10.6. The second-order valence-corrected chi connectivity index (χ2v) is 5.42. The van der Waals surface area contributed by atoms with Gasteiger partial charge in [-0.25, -0.2) is 4.79 Å². The molecule has 0 N–H and O–H groups in total. The van der Waals surface area contributed by atoms with Gasteiger partial charge in [-0.05, 0) is 37.5 Å². The van der Waals surface area contributed by atoms with E-state index in [1.165, 1.54) is 18.3 Å². The number of carbonyl (C=O) groups excluding carboxylic acids is 1. The van der Waals surface area contributed by atoms with Crippen LogP contribution in [0.5, 0.6) is 0 Å².